The molecule has 1 heterocycles. The maximum absolute atomic E-state index is 12.7. The normalized spacial score (nSPS) is 22.9. The first-order valence-electron chi connectivity index (χ1n) is 9.99. The number of aryl methyl sites for hydroxylation is 1. The first-order chi connectivity index (χ1) is 13.1. The van der Waals surface area contributed by atoms with Crippen LogP contribution in [0.2, 0.25) is 0 Å². The molecule has 1 aliphatic carbocycles. The van der Waals surface area contributed by atoms with Gasteiger partial charge in [-0.15, -0.1) is 0 Å². The van der Waals surface area contributed by atoms with Crippen molar-refractivity contribution in [3.8, 4) is 0 Å². The van der Waals surface area contributed by atoms with Gasteiger partial charge in [0.05, 0.1) is 6.04 Å². The molecule has 1 aromatic carbocycles. The van der Waals surface area contributed by atoms with Crippen LogP contribution in [0.5, 0.6) is 0 Å². The van der Waals surface area contributed by atoms with E-state index in [0.29, 0.717) is 12.6 Å². The van der Waals surface area contributed by atoms with Gasteiger partial charge in [-0.25, -0.2) is 0 Å². The Labute approximate surface area is 166 Å². The Kier molecular flexibility index (Phi) is 6.94. The molecule has 1 aliphatic heterocycles. The van der Waals surface area contributed by atoms with Crippen LogP contribution in [0.4, 0.5) is 5.69 Å². The number of aliphatic imine (C=N–C) groups is 1. The maximum Gasteiger partial charge on any atom is 0.242 e. The van der Waals surface area contributed by atoms with Gasteiger partial charge in [-0.2, -0.15) is 0 Å². The number of hydrogen-bond acceptors (Lipinski definition) is 4. The molecule has 6 heteroatoms. The monoisotopic (exact) mass is 387 g/mol. The van der Waals surface area contributed by atoms with Crippen molar-refractivity contribution < 1.29 is 9.59 Å². The zero-order valence-corrected chi connectivity index (χ0v) is 17.1. The molecule has 27 heavy (non-hydrogen) atoms. The molecule has 5 nitrogen and oxygen atoms in total. The minimum Gasteiger partial charge on any atom is -0.326 e. The lowest BCUT2D eigenvalue weighted by atomic mass is 10.1. The molecule has 2 amide bonds. The van der Waals surface area contributed by atoms with E-state index in [2.05, 4.69) is 5.32 Å². The van der Waals surface area contributed by atoms with Crippen LogP contribution in [0.25, 0.3) is 0 Å². The molecule has 0 aromatic heterocycles. The Hall–Kier alpha value is -1.82. The van der Waals surface area contributed by atoms with E-state index in [1.54, 1.807) is 4.90 Å². The first-order valence-corrected chi connectivity index (χ1v) is 10.9. The highest BCUT2D eigenvalue weighted by Gasteiger charge is 2.38. The van der Waals surface area contributed by atoms with Crippen LogP contribution >= 0.6 is 11.8 Å². The Morgan fingerprint density at radius 1 is 1.26 bits per heavy atom. The largest absolute Gasteiger partial charge is 0.326 e. The summed E-state index contributed by atoms with van der Waals surface area (Å²) in [7, 11) is 0. The van der Waals surface area contributed by atoms with Gasteiger partial charge < -0.3 is 5.32 Å². The highest BCUT2D eigenvalue weighted by molar-refractivity contribution is 8.15. The molecular weight excluding hydrogens is 358 g/mol. The molecule has 0 spiro atoms. The SMILES string of the molecule is CCN1C(=O)[C@H](CC(=O)Nc2cccc(C)c2)SC1=NC1CCCCCC1. The number of hydrogen-bond donors (Lipinski definition) is 1. The number of amidine groups is 1. The molecule has 2 aliphatic rings. The molecule has 0 bridgehead atoms. The Morgan fingerprint density at radius 2 is 2.00 bits per heavy atom. The maximum atomic E-state index is 12.7. The van der Waals surface area contributed by atoms with Gasteiger partial charge in [0.2, 0.25) is 11.8 Å². The van der Waals surface area contributed by atoms with Crippen molar-refractivity contribution >= 4 is 34.4 Å². The van der Waals surface area contributed by atoms with Crippen molar-refractivity contribution in [3.63, 3.8) is 0 Å². The second kappa shape index (κ2) is 9.40. The molecule has 146 valence electrons. The van der Waals surface area contributed by atoms with E-state index in [4.69, 9.17) is 4.99 Å². The lowest BCUT2D eigenvalue weighted by molar-refractivity contribution is -0.128. The molecule has 0 unspecified atom stereocenters. The summed E-state index contributed by atoms with van der Waals surface area (Å²) < 4.78 is 0. The van der Waals surface area contributed by atoms with Crippen molar-refractivity contribution in [2.75, 3.05) is 11.9 Å². The fourth-order valence-corrected chi connectivity index (χ4v) is 4.95. The summed E-state index contributed by atoms with van der Waals surface area (Å²) in [5.41, 5.74) is 1.87. The van der Waals surface area contributed by atoms with E-state index in [1.165, 1.54) is 37.4 Å². The fourth-order valence-electron chi connectivity index (χ4n) is 3.68. The molecule has 0 radical (unpaired) electrons. The number of rotatable bonds is 5. The minimum absolute atomic E-state index is 0.00858. The van der Waals surface area contributed by atoms with Crippen LogP contribution in [0.3, 0.4) is 0 Å². The average Bonchev–Trinajstić information content (AvgIpc) is 2.79. The Morgan fingerprint density at radius 3 is 2.67 bits per heavy atom. The van der Waals surface area contributed by atoms with E-state index < -0.39 is 0 Å². The van der Waals surface area contributed by atoms with Crippen LogP contribution in [0.15, 0.2) is 29.3 Å². The second-order valence-electron chi connectivity index (χ2n) is 7.37. The van der Waals surface area contributed by atoms with E-state index in [9.17, 15) is 9.59 Å². The average molecular weight is 388 g/mol. The Balaban J connectivity index is 1.64. The first kappa shape index (κ1) is 19.9. The van der Waals surface area contributed by atoms with Gasteiger partial charge in [0, 0.05) is 18.7 Å². The zero-order valence-electron chi connectivity index (χ0n) is 16.2. The van der Waals surface area contributed by atoms with Gasteiger partial charge >= 0.3 is 0 Å². The van der Waals surface area contributed by atoms with Crippen LogP contribution in [0.1, 0.15) is 57.4 Å². The Bertz CT molecular complexity index is 711. The van der Waals surface area contributed by atoms with Gasteiger partial charge in [-0.1, -0.05) is 49.6 Å². The summed E-state index contributed by atoms with van der Waals surface area (Å²) in [5.74, 6) is -0.118. The summed E-state index contributed by atoms with van der Waals surface area (Å²) >= 11 is 1.46. The molecule has 1 atom stereocenters. The molecule has 1 saturated heterocycles. The summed E-state index contributed by atoms with van der Waals surface area (Å²) in [6.45, 7) is 4.56. The van der Waals surface area contributed by atoms with Gasteiger partial charge in [0.1, 0.15) is 5.25 Å². The number of thioether (sulfide) groups is 1. The van der Waals surface area contributed by atoms with E-state index in [0.717, 1.165) is 29.3 Å². The summed E-state index contributed by atoms with van der Waals surface area (Å²) in [6.07, 6.45) is 7.39. The van der Waals surface area contributed by atoms with Crippen LogP contribution in [-0.2, 0) is 9.59 Å². The van der Waals surface area contributed by atoms with Gasteiger partial charge in [-0.3, -0.25) is 19.5 Å². The van der Waals surface area contributed by atoms with Gasteiger partial charge in [-0.05, 0) is 44.4 Å². The lowest BCUT2D eigenvalue weighted by Gasteiger charge is -2.16. The topological polar surface area (TPSA) is 61.8 Å². The van der Waals surface area contributed by atoms with Crippen molar-refractivity contribution in [3.05, 3.63) is 29.8 Å². The number of benzene rings is 1. The lowest BCUT2D eigenvalue weighted by Crippen LogP contribution is -2.33. The van der Waals surface area contributed by atoms with E-state index in [-0.39, 0.29) is 23.5 Å². The number of amides is 2. The molecular formula is C21H29N3O2S. The van der Waals surface area contributed by atoms with Crippen molar-refractivity contribution in [1.29, 1.82) is 0 Å². The standard InChI is InChI=1S/C21H29N3O2S/c1-3-24-20(26)18(14-19(25)22-17-12-8-9-15(2)13-17)27-21(24)23-16-10-6-4-5-7-11-16/h8-9,12-13,16,18H,3-7,10-11,14H2,1-2H3,(H,22,25)/t18-/m0/s1. The zero-order chi connectivity index (χ0) is 19.2. The number of carbonyl (C=O) groups is 2. The summed E-state index contributed by atoms with van der Waals surface area (Å²) in [5, 5.41) is 3.34. The molecule has 1 aromatic rings. The van der Waals surface area contributed by atoms with Crippen LogP contribution in [0, 0.1) is 6.92 Å². The predicted octanol–water partition coefficient (Wildman–Crippen LogP) is 4.37. The summed E-state index contributed by atoms with van der Waals surface area (Å²) in [4.78, 5) is 31.8. The number of nitrogens with zero attached hydrogens (tertiary/aromatic N) is 2. The minimum atomic E-state index is -0.376. The fraction of sp³-hybridized carbons (Fsp3) is 0.571. The predicted molar refractivity (Wildman–Crippen MR) is 112 cm³/mol. The third-order valence-electron chi connectivity index (χ3n) is 5.13. The third-order valence-corrected chi connectivity index (χ3v) is 6.32. The number of carbonyl (C=O) groups excluding carboxylic acids is 2. The molecule has 2 fully saturated rings. The van der Waals surface area contributed by atoms with E-state index >= 15 is 0 Å². The molecule has 1 saturated carbocycles. The third kappa shape index (κ3) is 5.34. The van der Waals surface area contributed by atoms with Crippen LogP contribution in [-0.4, -0.2) is 39.7 Å². The van der Waals surface area contributed by atoms with Crippen LogP contribution < -0.4 is 5.32 Å². The number of anilines is 1. The van der Waals surface area contributed by atoms with Gasteiger partial charge in [0.25, 0.3) is 0 Å². The second-order valence-corrected chi connectivity index (χ2v) is 8.54. The molecule has 1 N–H and O–H groups in total. The van der Waals surface area contributed by atoms with E-state index in [1.807, 2.05) is 38.1 Å². The van der Waals surface area contributed by atoms with Crippen molar-refractivity contribution in [2.45, 2.75) is 70.1 Å². The highest BCUT2D eigenvalue weighted by Crippen LogP contribution is 2.31. The quantitative estimate of drug-likeness (QED) is 0.763. The smallest absolute Gasteiger partial charge is 0.242 e. The molecule has 3 rings (SSSR count). The highest BCUT2D eigenvalue weighted by atomic mass is 32.2. The van der Waals surface area contributed by atoms with Crippen molar-refractivity contribution in [2.24, 2.45) is 4.99 Å². The van der Waals surface area contributed by atoms with Gasteiger partial charge in [0.15, 0.2) is 5.17 Å². The summed E-state index contributed by atoms with van der Waals surface area (Å²) in [6, 6.07) is 8.01. The number of nitrogens with one attached hydrogen (secondary N) is 1. The van der Waals surface area contributed by atoms with Crippen molar-refractivity contribution in [1.82, 2.24) is 4.90 Å².